The summed E-state index contributed by atoms with van der Waals surface area (Å²) in [6, 6.07) is 15.8. The molecule has 2 aromatic carbocycles. The Morgan fingerprint density at radius 3 is 2.54 bits per heavy atom. The Labute approximate surface area is 266 Å². The summed E-state index contributed by atoms with van der Waals surface area (Å²) in [5, 5.41) is 26.3. The average molecular weight is 630 g/mol. The van der Waals surface area contributed by atoms with Crippen LogP contribution in [-0.2, 0) is 9.53 Å². The van der Waals surface area contributed by atoms with Crippen LogP contribution in [0.5, 0.6) is 5.75 Å². The normalized spacial score (nSPS) is 23.2. The molecule has 4 aliphatic rings. The number of hydrogen-bond donors (Lipinski definition) is 3. The molecule has 2 atom stereocenters. The highest BCUT2D eigenvalue weighted by atomic mass is 19.1. The number of amides is 1. The van der Waals surface area contributed by atoms with Crippen molar-refractivity contribution in [1.29, 1.82) is 5.26 Å². The highest BCUT2D eigenvalue weighted by Crippen LogP contribution is 2.30. The number of β-amino-alcohol motifs (C(OH)–C–C–N with tert-alkyl or cyclic N) is 1. The number of nitrogens with zero attached hydrogens (tertiary/aromatic N) is 7. The van der Waals surface area contributed by atoms with Crippen LogP contribution in [0.4, 0.5) is 21.7 Å². The topological polar surface area (TPSA) is 152 Å². The molecule has 1 aromatic heterocycles. The van der Waals surface area contributed by atoms with Gasteiger partial charge in [-0.15, -0.1) is 0 Å². The van der Waals surface area contributed by atoms with Gasteiger partial charge in [0.05, 0.1) is 31.4 Å². The van der Waals surface area contributed by atoms with Crippen molar-refractivity contribution >= 4 is 23.2 Å². The minimum atomic E-state index is -1.47. The summed E-state index contributed by atoms with van der Waals surface area (Å²) in [5.41, 5.74) is 1.33. The molecule has 0 bridgehead atoms. The predicted octanol–water partition coefficient (Wildman–Crippen LogP) is 1.33. The van der Waals surface area contributed by atoms with E-state index in [0.29, 0.717) is 23.4 Å². The van der Waals surface area contributed by atoms with Crippen LogP contribution in [0.3, 0.4) is 0 Å². The molecule has 7 rings (SSSR count). The molecule has 0 radical (unpaired) electrons. The van der Waals surface area contributed by atoms with Gasteiger partial charge < -0.3 is 35.0 Å². The Morgan fingerprint density at radius 1 is 1.11 bits per heavy atom. The second-order valence-electron chi connectivity index (χ2n) is 12.2. The summed E-state index contributed by atoms with van der Waals surface area (Å²) in [4.78, 5) is 31.9. The highest BCUT2D eigenvalue weighted by molar-refractivity contribution is 5.87. The molecule has 0 spiro atoms. The molecule has 240 valence electrons. The first-order valence-electron chi connectivity index (χ1n) is 15.6. The van der Waals surface area contributed by atoms with Gasteiger partial charge in [-0.05, 0) is 42.5 Å². The molecule has 0 aliphatic carbocycles. The fourth-order valence-electron chi connectivity index (χ4n) is 6.19. The fourth-order valence-corrected chi connectivity index (χ4v) is 6.19. The van der Waals surface area contributed by atoms with E-state index >= 15 is 4.39 Å². The van der Waals surface area contributed by atoms with Crippen LogP contribution in [0, 0.1) is 11.3 Å². The van der Waals surface area contributed by atoms with Gasteiger partial charge in [-0.2, -0.15) is 10.2 Å². The van der Waals surface area contributed by atoms with Crippen LogP contribution in [0.25, 0.3) is 11.4 Å². The molecule has 4 aliphatic heterocycles. The predicted molar refractivity (Wildman–Crippen MR) is 166 cm³/mol. The van der Waals surface area contributed by atoms with Crippen LogP contribution in [0.2, 0.25) is 0 Å². The van der Waals surface area contributed by atoms with Crippen molar-refractivity contribution in [2.75, 3.05) is 75.8 Å². The number of nitrogens with one attached hydrogen (secondary N) is 2. The smallest absolute Gasteiger partial charge is 0.257 e. The number of benzene rings is 2. The Kier molecular flexibility index (Phi) is 8.39. The van der Waals surface area contributed by atoms with E-state index in [1.807, 2.05) is 12.1 Å². The lowest BCUT2D eigenvalue weighted by Crippen LogP contribution is -2.69. The van der Waals surface area contributed by atoms with Crippen molar-refractivity contribution in [3.63, 3.8) is 0 Å². The average Bonchev–Trinajstić information content (AvgIpc) is 3.04. The Bertz CT molecular complexity index is 1600. The Morgan fingerprint density at radius 2 is 1.89 bits per heavy atom. The third-order valence-electron chi connectivity index (χ3n) is 9.15. The van der Waals surface area contributed by atoms with Gasteiger partial charge in [0, 0.05) is 69.2 Å². The number of rotatable bonds is 8. The van der Waals surface area contributed by atoms with Gasteiger partial charge in [-0.3, -0.25) is 9.69 Å². The zero-order chi connectivity index (χ0) is 31.7. The number of alkyl halides is 1. The van der Waals surface area contributed by atoms with Crippen molar-refractivity contribution in [3.8, 4) is 23.2 Å². The lowest BCUT2D eigenvalue weighted by Gasteiger charge is -2.43. The summed E-state index contributed by atoms with van der Waals surface area (Å²) in [6.45, 7) is 6.11. The van der Waals surface area contributed by atoms with Crippen LogP contribution < -0.4 is 20.3 Å². The number of carbonyl (C=O) groups is 1. The van der Waals surface area contributed by atoms with E-state index in [2.05, 4.69) is 53.6 Å². The zero-order valence-corrected chi connectivity index (χ0v) is 25.3. The SMILES string of the molecule is N#Cc1cc(-c2ncnc(Nc3ccc(N4CCN(C5COC5)CC4)cc3)n2)ccc1O[C@H]1CCN(C(=O)C2(O)CNC2)C[C@@H]1F. The number of halogens is 1. The molecule has 13 nitrogen and oxygen atoms in total. The standard InChI is InChI=1S/C32H36FN9O4/c33-26-15-42(30(43)32(44)18-35-19-32)8-7-28(26)46-27-6-1-21(13-22(27)14-34)29-36-20-37-31(39-29)38-23-2-4-24(5-3-23)40-9-11-41(12-10-40)25-16-45-17-25/h1-6,13,20,25-26,28,35,44H,7-12,15-19H2,(H,36,37,38,39)/t26-,28-/m0/s1. The van der Waals surface area contributed by atoms with Crippen LogP contribution in [0.15, 0.2) is 48.8 Å². The molecular weight excluding hydrogens is 593 g/mol. The molecule has 1 amide bonds. The third-order valence-corrected chi connectivity index (χ3v) is 9.15. The number of ether oxygens (including phenoxy) is 2. The first kappa shape index (κ1) is 30.2. The molecular formula is C32H36FN9O4. The second kappa shape index (κ2) is 12.8. The number of anilines is 3. The van der Waals surface area contributed by atoms with Gasteiger partial charge >= 0.3 is 0 Å². The van der Waals surface area contributed by atoms with E-state index in [-0.39, 0.29) is 43.9 Å². The highest BCUT2D eigenvalue weighted by Gasteiger charge is 2.47. The number of aromatic nitrogens is 3. The van der Waals surface area contributed by atoms with Crippen LogP contribution in [-0.4, -0.2) is 125 Å². The van der Waals surface area contributed by atoms with Crippen molar-refractivity contribution < 1.29 is 23.8 Å². The minimum Gasteiger partial charge on any atom is -0.486 e. The van der Waals surface area contributed by atoms with E-state index in [1.54, 1.807) is 18.2 Å². The Balaban J connectivity index is 0.964. The maximum atomic E-state index is 15.1. The van der Waals surface area contributed by atoms with Crippen LogP contribution >= 0.6 is 0 Å². The second-order valence-corrected chi connectivity index (χ2v) is 12.2. The number of carbonyl (C=O) groups excluding carboxylic acids is 1. The Hall–Kier alpha value is -4.42. The number of aliphatic hydroxyl groups is 1. The fraction of sp³-hybridized carbons (Fsp3) is 0.469. The number of nitriles is 1. The van der Waals surface area contributed by atoms with Crippen molar-refractivity contribution in [2.24, 2.45) is 0 Å². The van der Waals surface area contributed by atoms with Gasteiger partial charge in [-0.1, -0.05) is 0 Å². The van der Waals surface area contributed by atoms with E-state index < -0.39 is 23.8 Å². The molecule has 5 heterocycles. The number of likely N-dealkylation sites (tertiary alicyclic amines) is 1. The maximum Gasteiger partial charge on any atom is 0.257 e. The van der Waals surface area contributed by atoms with E-state index in [1.165, 1.54) is 16.9 Å². The molecule has 14 heteroatoms. The molecule has 3 aromatic rings. The van der Waals surface area contributed by atoms with E-state index in [9.17, 15) is 15.2 Å². The minimum absolute atomic E-state index is 0.165. The lowest BCUT2D eigenvalue weighted by molar-refractivity contribution is -0.160. The first-order chi connectivity index (χ1) is 22.4. The summed E-state index contributed by atoms with van der Waals surface area (Å²) in [5.74, 6) is 0.496. The van der Waals surface area contributed by atoms with E-state index in [4.69, 9.17) is 9.47 Å². The van der Waals surface area contributed by atoms with Gasteiger partial charge in [0.25, 0.3) is 5.91 Å². The quantitative estimate of drug-likeness (QED) is 0.330. The van der Waals surface area contributed by atoms with Crippen LogP contribution in [0.1, 0.15) is 12.0 Å². The van der Waals surface area contributed by atoms with Crippen molar-refractivity contribution in [3.05, 3.63) is 54.4 Å². The molecule has 0 unspecified atom stereocenters. The molecule has 46 heavy (non-hydrogen) atoms. The summed E-state index contributed by atoms with van der Waals surface area (Å²) in [7, 11) is 0. The van der Waals surface area contributed by atoms with Crippen molar-refractivity contribution in [1.82, 2.24) is 30.1 Å². The summed E-state index contributed by atoms with van der Waals surface area (Å²) < 4.78 is 26.4. The van der Waals surface area contributed by atoms with Gasteiger partial charge in [-0.25, -0.2) is 14.4 Å². The van der Waals surface area contributed by atoms with E-state index in [0.717, 1.165) is 45.1 Å². The largest absolute Gasteiger partial charge is 0.486 e. The van der Waals surface area contributed by atoms with Gasteiger partial charge in [0.1, 0.15) is 24.3 Å². The van der Waals surface area contributed by atoms with Gasteiger partial charge in [0.2, 0.25) is 5.95 Å². The third kappa shape index (κ3) is 6.19. The number of hydrogen-bond acceptors (Lipinski definition) is 12. The monoisotopic (exact) mass is 629 g/mol. The molecule has 3 N–H and O–H groups in total. The number of piperazine rings is 1. The molecule has 4 fully saturated rings. The summed E-state index contributed by atoms with van der Waals surface area (Å²) >= 11 is 0. The molecule has 4 saturated heterocycles. The molecule has 0 saturated carbocycles. The lowest BCUT2D eigenvalue weighted by atomic mass is 9.93. The zero-order valence-electron chi connectivity index (χ0n) is 25.3. The maximum absolute atomic E-state index is 15.1. The summed E-state index contributed by atoms with van der Waals surface area (Å²) in [6.07, 6.45) is -0.660. The van der Waals surface area contributed by atoms with Crippen molar-refractivity contribution in [2.45, 2.75) is 30.3 Å². The van der Waals surface area contributed by atoms with Gasteiger partial charge in [0.15, 0.2) is 17.6 Å². The first-order valence-corrected chi connectivity index (χ1v) is 15.6. The number of piperidine rings is 1.